The smallest absolute Gasteiger partial charge is 0.234 e. The third-order valence-electron chi connectivity index (χ3n) is 2.41. The molecule has 0 heterocycles. The largest absolute Gasteiger partial charge is 0.455 e. The van der Waals surface area contributed by atoms with Crippen molar-refractivity contribution in [1.29, 1.82) is 0 Å². The van der Waals surface area contributed by atoms with E-state index < -0.39 is 0 Å². The average Bonchev–Trinajstić information content (AvgIpc) is 2.42. The zero-order chi connectivity index (χ0) is 13.5. The molecule has 0 aliphatic heterocycles. The van der Waals surface area contributed by atoms with E-state index >= 15 is 0 Å². The number of amides is 1. The van der Waals surface area contributed by atoms with Crippen molar-refractivity contribution in [1.82, 2.24) is 0 Å². The second-order valence-corrected chi connectivity index (χ2v) is 4.76. The molecule has 0 atom stereocenters. The number of carbonyl (C=O) groups is 1. The van der Waals surface area contributed by atoms with E-state index in [2.05, 4.69) is 5.32 Å². The number of para-hydroxylation sites is 3. The van der Waals surface area contributed by atoms with Gasteiger partial charge in [0.2, 0.25) is 5.91 Å². The van der Waals surface area contributed by atoms with Gasteiger partial charge in [0.05, 0.1) is 11.4 Å². The first-order chi connectivity index (χ1) is 9.29. The van der Waals surface area contributed by atoms with Gasteiger partial charge in [0.1, 0.15) is 5.75 Å². The number of rotatable bonds is 5. The lowest BCUT2D eigenvalue weighted by Crippen LogP contribution is -2.14. The fraction of sp³-hybridized carbons (Fsp3) is 0.133. The molecule has 98 valence electrons. The van der Waals surface area contributed by atoms with Gasteiger partial charge in [0, 0.05) is 0 Å². The van der Waals surface area contributed by atoms with Crippen LogP contribution < -0.4 is 10.1 Å². The molecule has 0 bridgehead atoms. The maximum absolute atomic E-state index is 11.6. The van der Waals surface area contributed by atoms with Gasteiger partial charge < -0.3 is 10.1 Å². The molecule has 0 unspecified atom stereocenters. The highest BCUT2D eigenvalue weighted by atomic mass is 32.2. The van der Waals surface area contributed by atoms with E-state index in [1.807, 2.05) is 60.9 Å². The highest BCUT2D eigenvalue weighted by Crippen LogP contribution is 2.29. The molecule has 1 amide bonds. The Labute approximate surface area is 117 Å². The van der Waals surface area contributed by atoms with Crippen molar-refractivity contribution < 1.29 is 9.53 Å². The molecule has 0 saturated heterocycles. The van der Waals surface area contributed by atoms with Gasteiger partial charge >= 0.3 is 0 Å². The third-order valence-corrected chi connectivity index (χ3v) is 2.96. The SMILES string of the molecule is CSCC(=O)Nc1ccccc1Oc1ccccc1. The molecule has 0 aromatic heterocycles. The number of carbonyl (C=O) groups excluding carboxylic acids is 1. The van der Waals surface area contributed by atoms with Crippen LogP contribution in [0.1, 0.15) is 0 Å². The lowest BCUT2D eigenvalue weighted by atomic mass is 10.3. The maximum Gasteiger partial charge on any atom is 0.234 e. The highest BCUT2D eigenvalue weighted by Gasteiger charge is 2.07. The molecule has 4 heteroatoms. The molecule has 0 fully saturated rings. The minimum atomic E-state index is -0.0309. The summed E-state index contributed by atoms with van der Waals surface area (Å²) in [6, 6.07) is 16.9. The zero-order valence-electron chi connectivity index (χ0n) is 10.6. The Hall–Kier alpha value is -1.94. The normalized spacial score (nSPS) is 9.95. The van der Waals surface area contributed by atoms with Crippen molar-refractivity contribution in [2.45, 2.75) is 0 Å². The van der Waals surface area contributed by atoms with Crippen LogP contribution in [0.4, 0.5) is 5.69 Å². The van der Waals surface area contributed by atoms with Crippen LogP contribution in [0.2, 0.25) is 0 Å². The van der Waals surface area contributed by atoms with Gasteiger partial charge in [-0.25, -0.2) is 0 Å². The molecule has 1 N–H and O–H groups in total. The predicted octanol–water partition coefficient (Wildman–Crippen LogP) is 3.78. The predicted molar refractivity (Wildman–Crippen MR) is 80.0 cm³/mol. The van der Waals surface area contributed by atoms with Crippen LogP contribution in [0.3, 0.4) is 0 Å². The summed E-state index contributed by atoms with van der Waals surface area (Å²) in [5.74, 6) is 1.79. The molecule has 3 nitrogen and oxygen atoms in total. The van der Waals surface area contributed by atoms with Crippen LogP contribution in [0.15, 0.2) is 54.6 Å². The second-order valence-electron chi connectivity index (χ2n) is 3.89. The minimum absolute atomic E-state index is 0.0309. The van der Waals surface area contributed by atoms with Crippen molar-refractivity contribution in [2.75, 3.05) is 17.3 Å². The Bertz CT molecular complexity index is 543. The van der Waals surface area contributed by atoms with Crippen molar-refractivity contribution in [3.05, 3.63) is 54.6 Å². The van der Waals surface area contributed by atoms with Gasteiger partial charge in [-0.15, -0.1) is 0 Å². The summed E-state index contributed by atoms with van der Waals surface area (Å²) in [5, 5.41) is 2.85. The van der Waals surface area contributed by atoms with E-state index in [0.717, 1.165) is 5.75 Å². The Morgan fingerprint density at radius 1 is 1.11 bits per heavy atom. The maximum atomic E-state index is 11.6. The topological polar surface area (TPSA) is 38.3 Å². The van der Waals surface area contributed by atoms with Crippen LogP contribution in [0.5, 0.6) is 11.5 Å². The Kier molecular flexibility index (Phi) is 4.86. The van der Waals surface area contributed by atoms with Gasteiger partial charge in [-0.1, -0.05) is 30.3 Å². The summed E-state index contributed by atoms with van der Waals surface area (Å²) >= 11 is 1.49. The summed E-state index contributed by atoms with van der Waals surface area (Å²) in [6.07, 6.45) is 1.89. The molecular weight excluding hydrogens is 258 g/mol. The monoisotopic (exact) mass is 273 g/mol. The highest BCUT2D eigenvalue weighted by molar-refractivity contribution is 7.99. The molecule has 0 aliphatic rings. The first kappa shape index (κ1) is 13.5. The summed E-state index contributed by atoms with van der Waals surface area (Å²) in [5.41, 5.74) is 0.686. The van der Waals surface area contributed by atoms with Gasteiger partial charge in [-0.2, -0.15) is 11.8 Å². The van der Waals surface area contributed by atoms with Gasteiger partial charge in [-0.05, 0) is 30.5 Å². The molecule has 0 aliphatic carbocycles. The summed E-state index contributed by atoms with van der Waals surface area (Å²) in [4.78, 5) is 11.6. The average molecular weight is 273 g/mol. The second kappa shape index (κ2) is 6.85. The zero-order valence-corrected chi connectivity index (χ0v) is 11.4. The quantitative estimate of drug-likeness (QED) is 0.901. The lowest BCUT2D eigenvalue weighted by Gasteiger charge is -2.11. The summed E-state index contributed by atoms with van der Waals surface area (Å²) in [7, 11) is 0. The molecule has 2 rings (SSSR count). The van der Waals surface area contributed by atoms with E-state index in [4.69, 9.17) is 4.74 Å². The van der Waals surface area contributed by atoms with Gasteiger partial charge in [0.25, 0.3) is 0 Å². The standard InChI is InChI=1S/C15H15NO2S/c1-19-11-15(17)16-13-9-5-6-10-14(13)18-12-7-3-2-4-8-12/h2-10H,11H2,1H3,(H,16,17). The van der Waals surface area contributed by atoms with Crippen molar-refractivity contribution in [3.8, 4) is 11.5 Å². The van der Waals surface area contributed by atoms with Crippen molar-refractivity contribution in [2.24, 2.45) is 0 Å². The third kappa shape index (κ3) is 4.03. The molecule has 2 aromatic rings. The van der Waals surface area contributed by atoms with Crippen LogP contribution in [-0.4, -0.2) is 17.9 Å². The number of hydrogen-bond acceptors (Lipinski definition) is 3. The van der Waals surface area contributed by atoms with E-state index in [0.29, 0.717) is 17.2 Å². The van der Waals surface area contributed by atoms with E-state index in [9.17, 15) is 4.79 Å². The van der Waals surface area contributed by atoms with E-state index in [-0.39, 0.29) is 5.91 Å². The fourth-order valence-corrected chi connectivity index (χ4v) is 1.93. The number of benzene rings is 2. The molecule has 0 saturated carbocycles. The number of thioether (sulfide) groups is 1. The fourth-order valence-electron chi connectivity index (χ4n) is 1.59. The first-order valence-corrected chi connectivity index (χ1v) is 7.29. The van der Waals surface area contributed by atoms with Crippen LogP contribution >= 0.6 is 11.8 Å². The number of hydrogen-bond donors (Lipinski definition) is 1. The van der Waals surface area contributed by atoms with Crippen LogP contribution in [0, 0.1) is 0 Å². The first-order valence-electron chi connectivity index (χ1n) is 5.90. The van der Waals surface area contributed by atoms with E-state index in [1.54, 1.807) is 0 Å². The molecular formula is C15H15NO2S. The van der Waals surface area contributed by atoms with Crippen LogP contribution in [0.25, 0.3) is 0 Å². The molecule has 0 radical (unpaired) electrons. The van der Waals surface area contributed by atoms with Gasteiger partial charge in [0.15, 0.2) is 5.75 Å². The number of nitrogens with one attached hydrogen (secondary N) is 1. The minimum Gasteiger partial charge on any atom is -0.455 e. The number of anilines is 1. The van der Waals surface area contributed by atoms with Crippen molar-refractivity contribution >= 4 is 23.4 Å². The summed E-state index contributed by atoms with van der Waals surface area (Å²) in [6.45, 7) is 0. The molecule has 2 aromatic carbocycles. The number of ether oxygens (including phenoxy) is 1. The summed E-state index contributed by atoms with van der Waals surface area (Å²) < 4.78 is 5.77. The molecule has 19 heavy (non-hydrogen) atoms. The van der Waals surface area contributed by atoms with Gasteiger partial charge in [-0.3, -0.25) is 4.79 Å². The van der Waals surface area contributed by atoms with E-state index in [1.165, 1.54) is 11.8 Å². The van der Waals surface area contributed by atoms with Crippen LogP contribution in [-0.2, 0) is 4.79 Å². The van der Waals surface area contributed by atoms with Crippen molar-refractivity contribution in [3.63, 3.8) is 0 Å². The Morgan fingerprint density at radius 2 is 1.79 bits per heavy atom. The lowest BCUT2D eigenvalue weighted by molar-refractivity contribution is -0.113. The molecule has 0 spiro atoms. The Balaban J connectivity index is 2.14. The Morgan fingerprint density at radius 3 is 2.53 bits per heavy atom.